The molecule has 6 heteroatoms. The average molecular weight is 352 g/mol. The van der Waals surface area contributed by atoms with Crippen LogP contribution in [0.2, 0.25) is 0 Å². The molecule has 26 heavy (non-hydrogen) atoms. The van der Waals surface area contributed by atoms with Crippen molar-refractivity contribution in [3.05, 3.63) is 47.5 Å². The molecule has 0 spiro atoms. The van der Waals surface area contributed by atoms with Crippen LogP contribution in [0.1, 0.15) is 40.6 Å². The predicted molar refractivity (Wildman–Crippen MR) is 99.9 cm³/mol. The van der Waals surface area contributed by atoms with Gasteiger partial charge in [0.15, 0.2) is 0 Å². The number of methoxy groups -OCH3 is 1. The molecule has 1 aliphatic heterocycles. The van der Waals surface area contributed by atoms with E-state index >= 15 is 0 Å². The zero-order valence-corrected chi connectivity index (χ0v) is 15.3. The van der Waals surface area contributed by atoms with Crippen LogP contribution < -0.4 is 9.64 Å². The monoisotopic (exact) mass is 352 g/mol. The van der Waals surface area contributed by atoms with Crippen LogP contribution in [-0.2, 0) is 0 Å². The van der Waals surface area contributed by atoms with Crippen molar-refractivity contribution >= 4 is 11.6 Å². The largest absolute Gasteiger partial charge is 0.497 e. The van der Waals surface area contributed by atoms with Gasteiger partial charge in [0.2, 0.25) is 0 Å². The summed E-state index contributed by atoms with van der Waals surface area (Å²) >= 11 is 0. The molecular formula is C20H24N4O2. The number of anilines is 1. The van der Waals surface area contributed by atoms with E-state index in [2.05, 4.69) is 27.0 Å². The van der Waals surface area contributed by atoms with E-state index in [4.69, 9.17) is 4.74 Å². The lowest BCUT2D eigenvalue weighted by Gasteiger charge is -2.36. The van der Waals surface area contributed by atoms with Crippen LogP contribution >= 0.6 is 0 Å². The van der Waals surface area contributed by atoms with Crippen molar-refractivity contribution in [2.75, 3.05) is 38.2 Å². The van der Waals surface area contributed by atoms with Crippen molar-refractivity contribution in [2.45, 2.75) is 25.7 Å². The highest BCUT2D eigenvalue weighted by Gasteiger charge is 2.28. The maximum atomic E-state index is 12.9. The van der Waals surface area contributed by atoms with Crippen molar-refractivity contribution < 1.29 is 9.53 Å². The summed E-state index contributed by atoms with van der Waals surface area (Å²) in [5, 5.41) is 0. The molecule has 0 radical (unpaired) electrons. The maximum absolute atomic E-state index is 12.9. The number of nitrogens with zero attached hydrogens (tertiary/aromatic N) is 4. The SMILES string of the molecule is COc1ccc(N2CCN(C(=O)c3cnc(C4CC4)nc3C)CC2)cc1. The van der Waals surface area contributed by atoms with E-state index in [0.29, 0.717) is 24.6 Å². The van der Waals surface area contributed by atoms with Crippen molar-refractivity contribution in [1.82, 2.24) is 14.9 Å². The fraction of sp³-hybridized carbons (Fsp3) is 0.450. The number of piperazine rings is 1. The third-order valence-electron chi connectivity index (χ3n) is 5.18. The van der Waals surface area contributed by atoms with Crippen LogP contribution in [0.25, 0.3) is 0 Å². The maximum Gasteiger partial charge on any atom is 0.257 e. The summed E-state index contributed by atoms with van der Waals surface area (Å²) in [5.74, 6) is 2.29. The molecule has 2 aliphatic rings. The number of benzene rings is 1. The molecule has 1 saturated heterocycles. The molecular weight excluding hydrogens is 328 g/mol. The second kappa shape index (κ2) is 6.94. The highest BCUT2D eigenvalue weighted by atomic mass is 16.5. The lowest BCUT2D eigenvalue weighted by Crippen LogP contribution is -2.49. The molecule has 0 atom stereocenters. The molecule has 0 unspecified atom stereocenters. The summed E-state index contributed by atoms with van der Waals surface area (Å²) in [7, 11) is 1.67. The van der Waals surface area contributed by atoms with Crippen molar-refractivity contribution in [3.63, 3.8) is 0 Å². The van der Waals surface area contributed by atoms with E-state index in [9.17, 15) is 4.79 Å². The van der Waals surface area contributed by atoms with Gasteiger partial charge in [0.25, 0.3) is 5.91 Å². The minimum Gasteiger partial charge on any atom is -0.497 e. The number of aromatic nitrogens is 2. The van der Waals surface area contributed by atoms with Gasteiger partial charge in [-0.2, -0.15) is 0 Å². The van der Waals surface area contributed by atoms with Gasteiger partial charge in [-0.25, -0.2) is 9.97 Å². The Hall–Kier alpha value is -2.63. The molecule has 0 bridgehead atoms. The zero-order valence-electron chi connectivity index (χ0n) is 15.3. The molecule has 1 aliphatic carbocycles. The molecule has 2 aromatic rings. The Morgan fingerprint density at radius 3 is 2.38 bits per heavy atom. The van der Waals surface area contributed by atoms with Crippen molar-refractivity contribution in [2.24, 2.45) is 0 Å². The molecule has 0 N–H and O–H groups in total. The molecule has 1 saturated carbocycles. The van der Waals surface area contributed by atoms with E-state index in [0.717, 1.165) is 36.0 Å². The third-order valence-corrected chi connectivity index (χ3v) is 5.18. The van der Waals surface area contributed by atoms with E-state index in [1.807, 2.05) is 24.0 Å². The Morgan fingerprint density at radius 2 is 1.81 bits per heavy atom. The third kappa shape index (κ3) is 3.36. The number of ether oxygens (including phenoxy) is 1. The van der Waals surface area contributed by atoms with Crippen LogP contribution in [0.4, 0.5) is 5.69 Å². The first-order valence-corrected chi connectivity index (χ1v) is 9.17. The number of rotatable bonds is 4. The Labute approximate surface area is 153 Å². The van der Waals surface area contributed by atoms with Gasteiger partial charge in [-0.15, -0.1) is 0 Å². The number of carbonyl (C=O) groups is 1. The van der Waals surface area contributed by atoms with Gasteiger partial charge in [-0.05, 0) is 44.0 Å². The van der Waals surface area contributed by atoms with Gasteiger partial charge in [0.1, 0.15) is 11.6 Å². The van der Waals surface area contributed by atoms with E-state index in [1.54, 1.807) is 13.3 Å². The van der Waals surface area contributed by atoms with E-state index in [-0.39, 0.29) is 5.91 Å². The summed E-state index contributed by atoms with van der Waals surface area (Å²) in [6, 6.07) is 8.06. The molecule has 1 aromatic carbocycles. The Bertz CT molecular complexity index is 794. The van der Waals surface area contributed by atoms with Crippen LogP contribution in [0.5, 0.6) is 5.75 Å². The van der Waals surface area contributed by atoms with E-state index < -0.39 is 0 Å². The van der Waals surface area contributed by atoms with Gasteiger partial charge in [0, 0.05) is 44.0 Å². The normalized spacial score (nSPS) is 17.3. The molecule has 1 aromatic heterocycles. The number of amides is 1. The van der Waals surface area contributed by atoms with Crippen molar-refractivity contribution in [3.8, 4) is 5.75 Å². The first-order valence-electron chi connectivity index (χ1n) is 9.17. The van der Waals surface area contributed by atoms with Gasteiger partial charge in [0.05, 0.1) is 18.4 Å². The number of hydrogen-bond acceptors (Lipinski definition) is 5. The second-order valence-electron chi connectivity index (χ2n) is 6.98. The minimum atomic E-state index is 0.0410. The number of aryl methyl sites for hydroxylation is 1. The fourth-order valence-electron chi connectivity index (χ4n) is 3.36. The van der Waals surface area contributed by atoms with Crippen LogP contribution in [0, 0.1) is 6.92 Å². The second-order valence-corrected chi connectivity index (χ2v) is 6.98. The molecule has 6 nitrogen and oxygen atoms in total. The lowest BCUT2D eigenvalue weighted by molar-refractivity contribution is 0.0745. The fourth-order valence-corrected chi connectivity index (χ4v) is 3.36. The van der Waals surface area contributed by atoms with Crippen LogP contribution in [0.3, 0.4) is 0 Å². The standard InChI is InChI=1S/C20H24N4O2/c1-14-18(13-21-19(22-14)15-3-4-15)20(25)24-11-9-23(10-12-24)16-5-7-17(26-2)8-6-16/h5-8,13,15H,3-4,9-12H2,1-2H3. The minimum absolute atomic E-state index is 0.0410. The molecule has 4 rings (SSSR count). The predicted octanol–water partition coefficient (Wildman–Crippen LogP) is 2.63. The molecule has 2 heterocycles. The smallest absolute Gasteiger partial charge is 0.257 e. The van der Waals surface area contributed by atoms with Gasteiger partial charge in [-0.3, -0.25) is 4.79 Å². The Morgan fingerprint density at radius 1 is 1.12 bits per heavy atom. The molecule has 136 valence electrons. The Kier molecular flexibility index (Phi) is 4.49. The summed E-state index contributed by atoms with van der Waals surface area (Å²) < 4.78 is 5.21. The lowest BCUT2D eigenvalue weighted by atomic mass is 10.1. The molecule has 2 fully saturated rings. The quantitative estimate of drug-likeness (QED) is 0.847. The number of hydrogen-bond donors (Lipinski definition) is 0. The highest BCUT2D eigenvalue weighted by Crippen LogP contribution is 2.38. The van der Waals surface area contributed by atoms with Crippen LogP contribution in [0.15, 0.2) is 30.5 Å². The summed E-state index contributed by atoms with van der Waals surface area (Å²) in [6.45, 7) is 4.95. The zero-order chi connectivity index (χ0) is 18.1. The first-order chi connectivity index (χ1) is 12.7. The summed E-state index contributed by atoms with van der Waals surface area (Å²) in [5.41, 5.74) is 2.59. The van der Waals surface area contributed by atoms with Gasteiger partial charge < -0.3 is 14.5 Å². The van der Waals surface area contributed by atoms with E-state index in [1.165, 1.54) is 12.8 Å². The first kappa shape index (κ1) is 16.8. The highest BCUT2D eigenvalue weighted by molar-refractivity contribution is 5.95. The topological polar surface area (TPSA) is 58.6 Å². The summed E-state index contributed by atoms with van der Waals surface area (Å²) in [4.78, 5) is 26.0. The van der Waals surface area contributed by atoms with Gasteiger partial charge in [-0.1, -0.05) is 0 Å². The van der Waals surface area contributed by atoms with Gasteiger partial charge >= 0.3 is 0 Å². The number of carbonyl (C=O) groups excluding carboxylic acids is 1. The summed E-state index contributed by atoms with van der Waals surface area (Å²) in [6.07, 6.45) is 4.05. The average Bonchev–Trinajstić information content (AvgIpc) is 3.53. The molecule has 1 amide bonds. The van der Waals surface area contributed by atoms with Crippen LogP contribution in [-0.4, -0.2) is 54.1 Å². The van der Waals surface area contributed by atoms with Crippen molar-refractivity contribution in [1.29, 1.82) is 0 Å². The Balaban J connectivity index is 1.40.